The summed E-state index contributed by atoms with van der Waals surface area (Å²) < 4.78 is 6.24. The number of carbonyl (C=O) groups is 1. The van der Waals surface area contributed by atoms with Crippen LogP contribution in [0, 0.1) is 0 Å². The lowest BCUT2D eigenvalue weighted by Gasteiger charge is -2.04. The van der Waals surface area contributed by atoms with Crippen LogP contribution in [0.15, 0.2) is 53.0 Å². The van der Waals surface area contributed by atoms with E-state index in [-0.39, 0.29) is 12.3 Å². The van der Waals surface area contributed by atoms with Gasteiger partial charge < -0.3 is 4.74 Å². The molecule has 0 aliphatic rings. The number of ether oxygens (including phenoxy) is 1. The maximum atomic E-state index is 12.3. The quantitative estimate of drug-likeness (QED) is 0.607. The van der Waals surface area contributed by atoms with Gasteiger partial charge in [-0.1, -0.05) is 28.1 Å². The summed E-state index contributed by atoms with van der Waals surface area (Å²) in [5, 5.41) is 12.2. The first-order chi connectivity index (χ1) is 11.7. The minimum absolute atomic E-state index is 0.0332. The molecule has 24 heavy (non-hydrogen) atoms. The predicted octanol–water partition coefficient (Wildman–Crippen LogP) is 3.38. The molecule has 3 aromatic rings. The van der Waals surface area contributed by atoms with Crippen LogP contribution in [-0.4, -0.2) is 32.6 Å². The first-order valence-corrected chi connectivity index (χ1v) is 8.25. The Morgan fingerprint density at radius 2 is 1.92 bits per heavy atom. The summed E-state index contributed by atoms with van der Waals surface area (Å²) in [7, 11) is 0. The molecule has 0 atom stereocenters. The normalized spacial score (nSPS) is 10.6. The second-order valence-electron chi connectivity index (χ2n) is 5.00. The van der Waals surface area contributed by atoms with E-state index in [0.717, 1.165) is 15.8 Å². The Kier molecular flexibility index (Phi) is 5.00. The van der Waals surface area contributed by atoms with Gasteiger partial charge in [0.15, 0.2) is 5.78 Å². The summed E-state index contributed by atoms with van der Waals surface area (Å²) in [4.78, 5) is 13.6. The number of tetrazole rings is 1. The van der Waals surface area contributed by atoms with Crippen LogP contribution in [-0.2, 0) is 6.54 Å². The van der Waals surface area contributed by atoms with Crippen molar-refractivity contribution in [3.8, 4) is 17.1 Å². The maximum Gasteiger partial charge on any atom is 0.206 e. The molecular weight excluding hydrogens is 372 g/mol. The Morgan fingerprint density at radius 3 is 2.62 bits per heavy atom. The first kappa shape index (κ1) is 16.3. The largest absolute Gasteiger partial charge is 0.494 e. The highest BCUT2D eigenvalue weighted by atomic mass is 79.9. The molecule has 0 N–H and O–H groups in total. The number of ketones is 1. The molecule has 0 amide bonds. The highest BCUT2D eigenvalue weighted by Gasteiger charge is 2.12. The fourth-order valence-electron chi connectivity index (χ4n) is 2.18. The zero-order valence-electron chi connectivity index (χ0n) is 13.0. The van der Waals surface area contributed by atoms with E-state index < -0.39 is 0 Å². The average Bonchev–Trinajstić information content (AvgIpc) is 3.04. The molecule has 1 aromatic heterocycles. The lowest BCUT2D eigenvalue weighted by molar-refractivity contribution is 0.0961. The van der Waals surface area contributed by atoms with Crippen LogP contribution in [0.5, 0.6) is 5.75 Å². The smallest absolute Gasteiger partial charge is 0.206 e. The van der Waals surface area contributed by atoms with Gasteiger partial charge in [0, 0.05) is 15.6 Å². The summed E-state index contributed by atoms with van der Waals surface area (Å²) in [6.07, 6.45) is 0. The molecule has 1 heterocycles. The van der Waals surface area contributed by atoms with Crippen LogP contribution in [0.3, 0.4) is 0 Å². The predicted molar refractivity (Wildman–Crippen MR) is 92.9 cm³/mol. The molecule has 7 heteroatoms. The Morgan fingerprint density at radius 1 is 1.17 bits per heavy atom. The second kappa shape index (κ2) is 7.35. The summed E-state index contributed by atoms with van der Waals surface area (Å²) in [5.41, 5.74) is 1.41. The van der Waals surface area contributed by atoms with Gasteiger partial charge in [0.25, 0.3) is 0 Å². The Labute approximate surface area is 147 Å². The molecule has 0 radical (unpaired) electrons. The molecular formula is C17H15BrN4O2. The molecule has 0 aliphatic carbocycles. The van der Waals surface area contributed by atoms with E-state index in [2.05, 4.69) is 31.3 Å². The number of benzene rings is 2. The van der Waals surface area contributed by atoms with Crippen LogP contribution >= 0.6 is 15.9 Å². The molecule has 0 unspecified atom stereocenters. The van der Waals surface area contributed by atoms with E-state index in [1.165, 1.54) is 4.80 Å². The summed E-state index contributed by atoms with van der Waals surface area (Å²) in [6, 6.07) is 14.6. The van der Waals surface area contributed by atoms with Crippen LogP contribution in [0.2, 0.25) is 0 Å². The van der Waals surface area contributed by atoms with Crippen molar-refractivity contribution >= 4 is 21.7 Å². The molecule has 0 spiro atoms. The number of carbonyl (C=O) groups excluding carboxylic acids is 1. The summed E-state index contributed by atoms with van der Waals surface area (Å²) in [5.74, 6) is 1.13. The van der Waals surface area contributed by atoms with Gasteiger partial charge in [-0.3, -0.25) is 4.79 Å². The Hall–Kier alpha value is -2.54. The molecule has 122 valence electrons. The van der Waals surface area contributed by atoms with Crippen molar-refractivity contribution in [1.82, 2.24) is 20.2 Å². The lowest BCUT2D eigenvalue weighted by atomic mass is 10.1. The standard InChI is InChI=1S/C17H15BrN4O2/c1-2-24-13-9-7-12(8-10-13)16(23)11-22-20-17(19-21-22)14-5-3-4-6-15(14)18/h3-10H,2,11H2,1H3. The van der Waals surface area contributed by atoms with Gasteiger partial charge in [-0.05, 0) is 48.5 Å². The van der Waals surface area contributed by atoms with Crippen molar-refractivity contribution in [1.29, 1.82) is 0 Å². The number of halogens is 1. The monoisotopic (exact) mass is 386 g/mol. The molecule has 6 nitrogen and oxygen atoms in total. The van der Waals surface area contributed by atoms with E-state index in [0.29, 0.717) is 18.0 Å². The zero-order valence-corrected chi connectivity index (χ0v) is 14.6. The molecule has 0 bridgehead atoms. The van der Waals surface area contributed by atoms with Gasteiger partial charge >= 0.3 is 0 Å². The zero-order chi connectivity index (χ0) is 16.9. The topological polar surface area (TPSA) is 69.9 Å². The van der Waals surface area contributed by atoms with Crippen LogP contribution in [0.25, 0.3) is 11.4 Å². The summed E-state index contributed by atoms with van der Waals surface area (Å²) in [6.45, 7) is 2.54. The van der Waals surface area contributed by atoms with E-state index in [9.17, 15) is 4.79 Å². The Balaban J connectivity index is 1.72. The highest BCUT2D eigenvalue weighted by Crippen LogP contribution is 2.24. The van der Waals surface area contributed by atoms with Gasteiger partial charge in [0.05, 0.1) is 6.61 Å². The second-order valence-corrected chi connectivity index (χ2v) is 5.86. The molecule has 0 saturated carbocycles. The molecule has 0 fully saturated rings. The number of rotatable bonds is 6. The third kappa shape index (κ3) is 3.68. The van der Waals surface area contributed by atoms with Gasteiger partial charge in [-0.25, -0.2) is 0 Å². The third-order valence-corrected chi connectivity index (χ3v) is 4.03. The van der Waals surface area contributed by atoms with Crippen molar-refractivity contribution in [2.45, 2.75) is 13.5 Å². The average molecular weight is 387 g/mol. The van der Waals surface area contributed by atoms with Gasteiger partial charge in [-0.2, -0.15) is 4.80 Å². The maximum absolute atomic E-state index is 12.3. The first-order valence-electron chi connectivity index (χ1n) is 7.46. The molecule has 2 aromatic carbocycles. The number of hydrogen-bond acceptors (Lipinski definition) is 5. The van der Waals surface area contributed by atoms with Crippen LogP contribution < -0.4 is 4.74 Å². The number of Topliss-reactive ketones (excluding diaryl/α,β-unsaturated/α-hetero) is 1. The fraction of sp³-hybridized carbons (Fsp3) is 0.176. The lowest BCUT2D eigenvalue weighted by Crippen LogP contribution is -2.13. The highest BCUT2D eigenvalue weighted by molar-refractivity contribution is 9.10. The van der Waals surface area contributed by atoms with Gasteiger partial charge in [-0.15, -0.1) is 10.2 Å². The molecule has 3 rings (SSSR count). The van der Waals surface area contributed by atoms with E-state index in [1.54, 1.807) is 24.3 Å². The number of nitrogens with zero attached hydrogens (tertiary/aromatic N) is 4. The molecule has 0 aliphatic heterocycles. The van der Waals surface area contributed by atoms with Gasteiger partial charge in [0.2, 0.25) is 5.82 Å². The Bertz CT molecular complexity index is 846. The fourth-order valence-corrected chi connectivity index (χ4v) is 2.65. The van der Waals surface area contributed by atoms with E-state index >= 15 is 0 Å². The minimum Gasteiger partial charge on any atom is -0.494 e. The van der Waals surface area contributed by atoms with Gasteiger partial charge in [0.1, 0.15) is 12.3 Å². The SMILES string of the molecule is CCOc1ccc(C(=O)Cn2nnc(-c3ccccc3Br)n2)cc1. The van der Waals surface area contributed by atoms with Crippen LogP contribution in [0.1, 0.15) is 17.3 Å². The van der Waals surface area contributed by atoms with Crippen molar-refractivity contribution < 1.29 is 9.53 Å². The van der Waals surface area contributed by atoms with Crippen LogP contribution in [0.4, 0.5) is 0 Å². The number of hydrogen-bond donors (Lipinski definition) is 0. The number of aromatic nitrogens is 4. The van der Waals surface area contributed by atoms with E-state index in [4.69, 9.17) is 4.74 Å². The third-order valence-electron chi connectivity index (χ3n) is 3.34. The summed E-state index contributed by atoms with van der Waals surface area (Å²) >= 11 is 3.45. The van der Waals surface area contributed by atoms with Crippen molar-refractivity contribution in [3.05, 3.63) is 58.6 Å². The van der Waals surface area contributed by atoms with E-state index in [1.807, 2.05) is 31.2 Å². The van der Waals surface area contributed by atoms with Crippen molar-refractivity contribution in [2.75, 3.05) is 6.61 Å². The molecule has 0 saturated heterocycles. The van der Waals surface area contributed by atoms with Crippen molar-refractivity contribution in [3.63, 3.8) is 0 Å². The van der Waals surface area contributed by atoms with Crippen molar-refractivity contribution in [2.24, 2.45) is 0 Å². The minimum atomic E-state index is -0.0888.